The van der Waals surface area contributed by atoms with Gasteiger partial charge in [-0.25, -0.2) is 9.59 Å². The van der Waals surface area contributed by atoms with E-state index in [9.17, 15) is 9.59 Å². The third kappa shape index (κ3) is 8.87. The summed E-state index contributed by atoms with van der Waals surface area (Å²) in [7, 11) is 0. The van der Waals surface area contributed by atoms with Crippen molar-refractivity contribution in [2.45, 2.75) is 32.6 Å². The molecular formula is C24H25LiN4O5. The number of benzene rings is 2. The summed E-state index contributed by atoms with van der Waals surface area (Å²) in [5.74, 6) is -1.35. The molecule has 2 aromatic carbocycles. The Labute approximate surface area is 209 Å². The molecular weight excluding hydrogens is 431 g/mol. The van der Waals surface area contributed by atoms with Crippen LogP contribution >= 0.6 is 0 Å². The Hall–Kier alpha value is -3.38. The van der Waals surface area contributed by atoms with E-state index in [4.69, 9.17) is 9.84 Å². The smallest absolute Gasteiger partial charge is 0.870 e. The standard InChI is InChI=1S/C13H14N2O2.C11H10N2O2.Li.H2O/c1-2-17-13(16)12-9-11(14-15-12)8-10-6-4-3-5-7-10;14-11(15)10-7-9(12-13-10)6-8-4-2-1-3-5-8;;/h3-7H,2,8-9H2,1H3;1-5H,6-7H2,(H,14,15);;1H2/q;;+1;/p-1. The van der Waals surface area contributed by atoms with Gasteiger partial charge in [-0.05, 0) is 18.1 Å². The van der Waals surface area contributed by atoms with Crippen LogP contribution in [0.25, 0.3) is 0 Å². The van der Waals surface area contributed by atoms with Crippen molar-refractivity contribution in [2.75, 3.05) is 6.61 Å². The average Bonchev–Trinajstić information content (AvgIpc) is 3.46. The number of carbonyl (C=O) groups excluding carboxylic acids is 1. The van der Waals surface area contributed by atoms with Crippen LogP contribution in [0.5, 0.6) is 0 Å². The van der Waals surface area contributed by atoms with E-state index in [2.05, 4.69) is 20.4 Å². The Bertz CT molecular complexity index is 1080. The molecule has 0 aliphatic carbocycles. The Morgan fingerprint density at radius 2 is 1.24 bits per heavy atom. The van der Waals surface area contributed by atoms with E-state index in [1.807, 2.05) is 60.7 Å². The second-order valence-electron chi connectivity index (χ2n) is 7.13. The van der Waals surface area contributed by atoms with Crippen LogP contribution < -0.4 is 18.9 Å². The third-order valence-electron chi connectivity index (χ3n) is 4.63. The number of nitrogens with zero attached hydrogens (tertiary/aromatic N) is 4. The summed E-state index contributed by atoms with van der Waals surface area (Å²) in [4.78, 5) is 22.0. The van der Waals surface area contributed by atoms with Crippen LogP contribution in [0, 0.1) is 0 Å². The molecule has 0 atom stereocenters. The van der Waals surface area contributed by atoms with Crippen molar-refractivity contribution in [3.63, 3.8) is 0 Å². The number of carbonyl (C=O) groups is 2. The quantitative estimate of drug-likeness (QED) is 0.472. The van der Waals surface area contributed by atoms with Gasteiger partial charge in [-0.1, -0.05) is 60.7 Å². The first-order valence-corrected chi connectivity index (χ1v) is 10.3. The number of rotatable bonds is 7. The van der Waals surface area contributed by atoms with Crippen LogP contribution in [0.2, 0.25) is 0 Å². The normalized spacial score (nSPS) is 13.6. The molecule has 0 radical (unpaired) electrons. The number of esters is 1. The van der Waals surface area contributed by atoms with E-state index in [1.54, 1.807) is 6.92 Å². The van der Waals surface area contributed by atoms with Gasteiger partial charge in [0.2, 0.25) is 0 Å². The monoisotopic (exact) mass is 456 g/mol. The van der Waals surface area contributed by atoms with Crippen molar-refractivity contribution in [3.05, 3.63) is 71.8 Å². The van der Waals surface area contributed by atoms with Crippen molar-refractivity contribution in [2.24, 2.45) is 20.4 Å². The summed E-state index contributed by atoms with van der Waals surface area (Å²) in [5.41, 5.74) is 4.53. The van der Waals surface area contributed by atoms with Gasteiger partial charge in [0.05, 0.1) is 18.0 Å². The predicted molar refractivity (Wildman–Crippen MR) is 125 cm³/mol. The van der Waals surface area contributed by atoms with E-state index in [1.165, 1.54) is 5.56 Å². The van der Waals surface area contributed by atoms with E-state index < -0.39 is 5.97 Å². The summed E-state index contributed by atoms with van der Waals surface area (Å²) < 4.78 is 4.88. The Morgan fingerprint density at radius 3 is 1.65 bits per heavy atom. The molecule has 0 aromatic heterocycles. The first kappa shape index (κ1) is 28.7. The number of hydrogen-bond acceptors (Lipinski definition) is 8. The molecule has 0 spiro atoms. The zero-order chi connectivity index (χ0) is 22.8. The SMILES string of the molecule is CCOC(=O)C1=NN=C(Cc2ccccc2)C1.O=C(O)C1=NN=C(Cc2ccccc2)C1.[Li+].[OH-]. The van der Waals surface area contributed by atoms with Crippen molar-refractivity contribution >= 4 is 34.8 Å². The number of carboxylic acids is 1. The molecule has 4 rings (SSSR count). The van der Waals surface area contributed by atoms with Crippen molar-refractivity contribution in [1.29, 1.82) is 0 Å². The van der Waals surface area contributed by atoms with Crippen LogP contribution in [-0.2, 0) is 27.2 Å². The van der Waals surface area contributed by atoms with Crippen LogP contribution in [0.3, 0.4) is 0 Å². The number of ether oxygens (including phenoxy) is 1. The van der Waals surface area contributed by atoms with Crippen molar-refractivity contribution in [3.8, 4) is 0 Å². The van der Waals surface area contributed by atoms with Gasteiger partial charge in [0.1, 0.15) is 0 Å². The molecule has 0 saturated carbocycles. The van der Waals surface area contributed by atoms with Crippen LogP contribution in [0.1, 0.15) is 30.9 Å². The molecule has 0 unspecified atom stereocenters. The average molecular weight is 456 g/mol. The fourth-order valence-electron chi connectivity index (χ4n) is 3.09. The molecule has 0 amide bonds. The minimum atomic E-state index is -0.984. The Morgan fingerprint density at radius 1 is 0.794 bits per heavy atom. The summed E-state index contributed by atoms with van der Waals surface area (Å²) in [6.45, 7) is 2.14. The van der Waals surface area contributed by atoms with E-state index in [0.717, 1.165) is 23.4 Å². The van der Waals surface area contributed by atoms with Crippen LogP contribution in [-0.4, -0.2) is 52.0 Å². The van der Waals surface area contributed by atoms with Gasteiger partial charge in [0, 0.05) is 25.7 Å². The first-order chi connectivity index (χ1) is 15.5. The number of hydrogen-bond donors (Lipinski definition) is 1. The molecule has 0 bridgehead atoms. The van der Waals surface area contributed by atoms with Crippen LogP contribution in [0.15, 0.2) is 81.1 Å². The van der Waals surface area contributed by atoms with Crippen LogP contribution in [0.4, 0.5) is 0 Å². The Kier molecular flexibility index (Phi) is 12.4. The fraction of sp³-hybridized carbons (Fsp3) is 0.250. The van der Waals surface area contributed by atoms with Crippen molar-refractivity contribution < 1.29 is 43.8 Å². The third-order valence-corrected chi connectivity index (χ3v) is 4.63. The topological polar surface area (TPSA) is 143 Å². The summed E-state index contributed by atoms with van der Waals surface area (Å²) in [6.07, 6.45) is 2.24. The number of aliphatic carboxylic acids is 1. The summed E-state index contributed by atoms with van der Waals surface area (Å²) >= 11 is 0. The van der Waals surface area contributed by atoms with Crippen molar-refractivity contribution in [1.82, 2.24) is 0 Å². The predicted octanol–water partition coefficient (Wildman–Crippen LogP) is 0.335. The molecule has 0 fully saturated rings. The molecule has 172 valence electrons. The molecule has 10 heteroatoms. The van der Waals surface area contributed by atoms with Gasteiger partial charge in [-0.3, -0.25) is 0 Å². The second-order valence-corrected chi connectivity index (χ2v) is 7.13. The fourth-order valence-corrected chi connectivity index (χ4v) is 3.09. The van der Waals surface area contributed by atoms with Gasteiger partial charge in [0.25, 0.3) is 0 Å². The minimum Gasteiger partial charge on any atom is -0.870 e. The minimum absolute atomic E-state index is 0. The molecule has 2 aliphatic rings. The molecule has 9 nitrogen and oxygen atoms in total. The number of carboxylic acid groups (broad SMARTS) is 1. The molecule has 2 heterocycles. The maximum atomic E-state index is 11.4. The molecule has 2 aromatic rings. The molecule has 34 heavy (non-hydrogen) atoms. The molecule has 2 N–H and O–H groups in total. The van der Waals surface area contributed by atoms with E-state index in [-0.39, 0.29) is 36.0 Å². The first-order valence-electron chi connectivity index (χ1n) is 10.3. The molecule has 0 saturated heterocycles. The van der Waals surface area contributed by atoms with Gasteiger partial charge >= 0.3 is 30.8 Å². The zero-order valence-electron chi connectivity index (χ0n) is 19.2. The van der Waals surface area contributed by atoms with E-state index in [0.29, 0.717) is 31.6 Å². The maximum absolute atomic E-state index is 11.4. The molecule has 2 aliphatic heterocycles. The Balaban J connectivity index is 0.000000323. The summed E-state index contributed by atoms with van der Waals surface area (Å²) in [5, 5.41) is 24.0. The summed E-state index contributed by atoms with van der Waals surface area (Å²) in [6, 6.07) is 19.8. The zero-order valence-corrected chi connectivity index (χ0v) is 19.2. The van der Waals surface area contributed by atoms with Gasteiger partial charge in [-0.15, -0.1) is 10.2 Å². The van der Waals surface area contributed by atoms with E-state index >= 15 is 0 Å². The van der Waals surface area contributed by atoms with Gasteiger partial charge in [0.15, 0.2) is 11.4 Å². The maximum Gasteiger partial charge on any atom is 1.00 e. The second kappa shape index (κ2) is 14.7. The largest absolute Gasteiger partial charge is 1.00 e. The van der Waals surface area contributed by atoms with Gasteiger partial charge < -0.3 is 15.3 Å². The van der Waals surface area contributed by atoms with Gasteiger partial charge in [-0.2, -0.15) is 10.2 Å².